The Morgan fingerprint density at radius 2 is 1.97 bits per heavy atom. The number of fused-ring (bicyclic) bond motifs is 1. The lowest BCUT2D eigenvalue weighted by Crippen LogP contribution is -2.36. The zero-order chi connectivity index (χ0) is 25.9. The molecule has 0 unspecified atom stereocenters. The predicted octanol–water partition coefficient (Wildman–Crippen LogP) is 3.84. The van der Waals surface area contributed by atoms with Gasteiger partial charge in [-0.25, -0.2) is 0 Å². The van der Waals surface area contributed by atoms with E-state index in [1.807, 2.05) is 41.3 Å². The predicted molar refractivity (Wildman–Crippen MR) is 142 cm³/mol. The van der Waals surface area contributed by atoms with Gasteiger partial charge in [0.2, 0.25) is 5.91 Å². The molecule has 9 heteroatoms. The first-order valence-corrected chi connectivity index (χ1v) is 12.3. The van der Waals surface area contributed by atoms with Crippen molar-refractivity contribution in [3.05, 3.63) is 72.2 Å². The van der Waals surface area contributed by atoms with Crippen LogP contribution in [-0.4, -0.2) is 75.9 Å². The van der Waals surface area contributed by atoms with Crippen molar-refractivity contribution in [2.24, 2.45) is 0 Å². The van der Waals surface area contributed by atoms with Crippen LogP contribution in [-0.2, 0) is 11.3 Å². The lowest BCUT2D eigenvalue weighted by Gasteiger charge is -2.27. The van der Waals surface area contributed by atoms with Gasteiger partial charge in [-0.2, -0.15) is 0 Å². The first kappa shape index (κ1) is 24.3. The number of rotatable bonds is 7. The van der Waals surface area contributed by atoms with E-state index in [1.165, 1.54) is 0 Å². The van der Waals surface area contributed by atoms with Crippen LogP contribution in [0.25, 0.3) is 27.6 Å². The van der Waals surface area contributed by atoms with Crippen molar-refractivity contribution in [3.63, 3.8) is 0 Å². The Morgan fingerprint density at radius 3 is 2.73 bits per heavy atom. The monoisotopic (exact) mass is 498 g/mol. The van der Waals surface area contributed by atoms with Crippen molar-refractivity contribution < 1.29 is 14.3 Å². The number of hydrogen-bond donors (Lipinski definition) is 1. The molecule has 1 N–H and O–H groups in total. The summed E-state index contributed by atoms with van der Waals surface area (Å²) in [6.07, 6.45) is 6.70. The second-order valence-electron chi connectivity index (χ2n) is 9.32. The molecule has 0 radical (unpaired) electrons. The van der Waals surface area contributed by atoms with Gasteiger partial charge < -0.3 is 19.5 Å². The number of carbonyl (C=O) groups is 2. The SMILES string of the molecule is COc1ccccc1-c1cc(C(=O)N(C)C)cc2cc(C3=CCCN(C(=O)CCn4ccnn4)C3)[nH]c12. The molecule has 1 aliphatic rings. The number of aromatic amines is 1. The van der Waals surface area contributed by atoms with Crippen molar-refractivity contribution in [1.29, 1.82) is 0 Å². The van der Waals surface area contributed by atoms with Crippen LogP contribution in [0, 0.1) is 0 Å². The van der Waals surface area contributed by atoms with Crippen molar-refractivity contribution in [2.45, 2.75) is 19.4 Å². The topological polar surface area (TPSA) is 96.3 Å². The van der Waals surface area contributed by atoms with E-state index in [1.54, 1.807) is 43.2 Å². The Morgan fingerprint density at radius 1 is 1.14 bits per heavy atom. The highest BCUT2D eigenvalue weighted by molar-refractivity contribution is 6.05. The molecule has 0 fully saturated rings. The lowest BCUT2D eigenvalue weighted by atomic mass is 9.98. The number of benzene rings is 2. The Labute approximate surface area is 215 Å². The third kappa shape index (κ3) is 4.97. The third-order valence-corrected chi connectivity index (χ3v) is 6.65. The molecule has 2 amide bonds. The molecule has 3 heterocycles. The smallest absolute Gasteiger partial charge is 0.253 e. The number of methoxy groups -OCH3 is 1. The minimum atomic E-state index is -0.0677. The summed E-state index contributed by atoms with van der Waals surface area (Å²) in [6.45, 7) is 1.72. The van der Waals surface area contributed by atoms with Gasteiger partial charge in [0.25, 0.3) is 5.91 Å². The van der Waals surface area contributed by atoms with Gasteiger partial charge in [0.1, 0.15) is 5.75 Å². The number of hydrogen-bond acceptors (Lipinski definition) is 5. The Bertz CT molecular complexity index is 1470. The zero-order valence-electron chi connectivity index (χ0n) is 21.3. The van der Waals surface area contributed by atoms with E-state index in [2.05, 4.69) is 27.4 Å². The quantitative estimate of drug-likeness (QED) is 0.418. The fraction of sp³-hybridized carbons (Fsp3) is 0.286. The van der Waals surface area contributed by atoms with Crippen molar-refractivity contribution in [3.8, 4) is 16.9 Å². The van der Waals surface area contributed by atoms with Crippen LogP contribution in [0.3, 0.4) is 0 Å². The summed E-state index contributed by atoms with van der Waals surface area (Å²) >= 11 is 0. The third-order valence-electron chi connectivity index (χ3n) is 6.65. The summed E-state index contributed by atoms with van der Waals surface area (Å²) in [7, 11) is 5.14. The molecule has 5 rings (SSSR count). The highest BCUT2D eigenvalue weighted by Crippen LogP contribution is 2.37. The minimum absolute atomic E-state index is 0.0677. The highest BCUT2D eigenvalue weighted by atomic mass is 16.5. The van der Waals surface area contributed by atoms with E-state index in [0.717, 1.165) is 45.5 Å². The summed E-state index contributed by atoms with van der Waals surface area (Å²) in [5, 5.41) is 8.66. The van der Waals surface area contributed by atoms with E-state index in [9.17, 15) is 9.59 Å². The fourth-order valence-electron chi connectivity index (χ4n) is 4.75. The average molecular weight is 499 g/mol. The summed E-state index contributed by atoms with van der Waals surface area (Å²) in [5.74, 6) is 0.753. The largest absolute Gasteiger partial charge is 0.496 e. The molecule has 0 aliphatic carbocycles. The van der Waals surface area contributed by atoms with Crippen LogP contribution in [0.15, 0.2) is 60.9 Å². The minimum Gasteiger partial charge on any atom is -0.496 e. The van der Waals surface area contributed by atoms with Crippen molar-refractivity contribution in [1.82, 2.24) is 29.8 Å². The van der Waals surface area contributed by atoms with Gasteiger partial charge in [-0.1, -0.05) is 29.5 Å². The molecule has 2 aromatic carbocycles. The Balaban J connectivity index is 1.49. The molecule has 0 bridgehead atoms. The van der Waals surface area contributed by atoms with E-state index >= 15 is 0 Å². The van der Waals surface area contributed by atoms with Gasteiger partial charge in [-0.3, -0.25) is 14.3 Å². The van der Waals surface area contributed by atoms with E-state index in [4.69, 9.17) is 4.74 Å². The maximum absolute atomic E-state index is 12.9. The molecule has 4 aromatic rings. The van der Waals surface area contributed by atoms with Crippen LogP contribution in [0.4, 0.5) is 0 Å². The second kappa shape index (κ2) is 10.3. The maximum atomic E-state index is 12.9. The van der Waals surface area contributed by atoms with Gasteiger partial charge in [0.05, 0.1) is 25.4 Å². The maximum Gasteiger partial charge on any atom is 0.253 e. The number of aryl methyl sites for hydroxylation is 1. The Kier molecular flexibility index (Phi) is 6.76. The second-order valence-corrected chi connectivity index (χ2v) is 9.32. The average Bonchev–Trinajstić information content (AvgIpc) is 3.61. The van der Waals surface area contributed by atoms with Gasteiger partial charge in [0, 0.05) is 67.6 Å². The van der Waals surface area contributed by atoms with Crippen LogP contribution < -0.4 is 4.74 Å². The van der Waals surface area contributed by atoms with Gasteiger partial charge in [-0.05, 0) is 36.3 Å². The van der Waals surface area contributed by atoms with Crippen molar-refractivity contribution in [2.75, 3.05) is 34.3 Å². The molecule has 0 atom stereocenters. The number of amides is 2. The van der Waals surface area contributed by atoms with E-state index < -0.39 is 0 Å². The zero-order valence-corrected chi connectivity index (χ0v) is 21.3. The fourth-order valence-corrected chi connectivity index (χ4v) is 4.75. The number of nitrogens with zero attached hydrogens (tertiary/aromatic N) is 5. The van der Waals surface area contributed by atoms with Crippen LogP contribution in [0.2, 0.25) is 0 Å². The molecule has 37 heavy (non-hydrogen) atoms. The van der Waals surface area contributed by atoms with E-state index in [-0.39, 0.29) is 11.8 Å². The molecule has 0 spiro atoms. The van der Waals surface area contributed by atoms with Crippen LogP contribution in [0.1, 0.15) is 28.9 Å². The number of ether oxygens (including phenoxy) is 1. The number of para-hydroxylation sites is 1. The molecule has 190 valence electrons. The van der Waals surface area contributed by atoms with Crippen molar-refractivity contribution >= 4 is 28.3 Å². The summed E-state index contributed by atoms with van der Waals surface area (Å²) in [6, 6.07) is 13.7. The summed E-state index contributed by atoms with van der Waals surface area (Å²) in [4.78, 5) is 32.9. The number of H-pyrrole nitrogens is 1. The Hall–Kier alpha value is -4.40. The molecule has 1 aliphatic heterocycles. The first-order valence-electron chi connectivity index (χ1n) is 12.3. The normalized spacial score (nSPS) is 13.5. The van der Waals surface area contributed by atoms with Crippen LogP contribution >= 0.6 is 0 Å². The first-order chi connectivity index (χ1) is 17.9. The van der Waals surface area contributed by atoms with Gasteiger partial charge in [0.15, 0.2) is 0 Å². The summed E-state index contributed by atoms with van der Waals surface area (Å²) < 4.78 is 7.30. The number of nitrogens with one attached hydrogen (secondary N) is 1. The molecule has 9 nitrogen and oxygen atoms in total. The number of carbonyl (C=O) groups excluding carboxylic acids is 2. The standard InChI is InChI=1S/C28H30N6O3/c1-32(2)28(36)21-15-20-17-24(30-27(20)23(16-21)22-8-4-5-9-25(22)37-3)19-7-6-12-33(18-19)26(35)10-13-34-14-11-29-31-34/h4-5,7-9,11,14-17,30H,6,10,12-13,18H2,1-3H3. The molecule has 2 aromatic heterocycles. The molecule has 0 saturated heterocycles. The summed E-state index contributed by atoms with van der Waals surface area (Å²) in [5.41, 5.74) is 5.32. The number of aromatic nitrogens is 4. The van der Waals surface area contributed by atoms with Gasteiger partial charge >= 0.3 is 0 Å². The van der Waals surface area contributed by atoms with E-state index in [0.29, 0.717) is 31.6 Å². The molecular weight excluding hydrogens is 468 g/mol. The van der Waals surface area contributed by atoms with Crippen LogP contribution in [0.5, 0.6) is 5.75 Å². The highest BCUT2D eigenvalue weighted by Gasteiger charge is 2.22. The van der Waals surface area contributed by atoms with Gasteiger partial charge in [-0.15, -0.1) is 5.10 Å². The lowest BCUT2D eigenvalue weighted by molar-refractivity contribution is -0.131. The molecule has 0 saturated carbocycles. The molecular formula is C28H30N6O3.